The number of hydrazine groups is 1. The van der Waals surface area contributed by atoms with Crippen molar-refractivity contribution in [1.29, 1.82) is 0 Å². The van der Waals surface area contributed by atoms with Gasteiger partial charge in [-0.3, -0.25) is 19.8 Å². The highest BCUT2D eigenvalue weighted by Gasteiger charge is 2.15. The van der Waals surface area contributed by atoms with E-state index in [1.807, 2.05) is 98.8 Å². The Balaban J connectivity index is 0.000000261. The van der Waals surface area contributed by atoms with Gasteiger partial charge in [-0.15, -0.1) is 0 Å². The Labute approximate surface area is 267 Å². The highest BCUT2D eigenvalue weighted by atomic mass is 16.2. The van der Waals surface area contributed by atoms with E-state index in [-0.39, 0.29) is 22.6 Å². The van der Waals surface area contributed by atoms with Crippen LogP contribution in [-0.4, -0.2) is 24.3 Å². The van der Waals surface area contributed by atoms with Gasteiger partial charge in [0.2, 0.25) is 0 Å². The number of nitrogen functional groups attached to an aromatic ring is 1. The summed E-state index contributed by atoms with van der Waals surface area (Å²) in [6.45, 7) is 16.8. The third-order valence-electron chi connectivity index (χ3n) is 7.03. The molecular formula is C38H46N4O3. The second-order valence-electron chi connectivity index (χ2n) is 12.7. The zero-order chi connectivity index (χ0) is 33.6. The van der Waals surface area contributed by atoms with Crippen molar-refractivity contribution < 1.29 is 14.4 Å². The van der Waals surface area contributed by atoms with Crippen LogP contribution in [0.2, 0.25) is 0 Å². The van der Waals surface area contributed by atoms with Crippen LogP contribution in [0, 0.1) is 13.8 Å². The number of rotatable bonds is 5. The quantitative estimate of drug-likeness (QED) is 0.0720. The Kier molecular flexibility index (Phi) is 13.6. The molecule has 4 aromatic rings. The summed E-state index contributed by atoms with van der Waals surface area (Å²) in [7, 11) is 0. The molecule has 4 N–H and O–H groups in total. The standard InChI is InChI=1S/C19H22N2O.C11H16N2O.C8H8O/c1-14-7-5-6-8-16(14)13-20-21-18(22)15-9-11-17(12-10-15)19(2,3)4;1-11(2,3)9-6-4-8(5-7-9)10(14)13-12;1-7-4-2-3-5-8(7)6-9/h5-13H,1-4H3,(H,21,22);4-7H,12H2,1-3H3,(H,13,14);2-6H,1H3/b20-13+;;. The zero-order valence-electron chi connectivity index (χ0n) is 27.6. The maximum absolute atomic E-state index is 12.1. The molecule has 7 heteroatoms. The van der Waals surface area contributed by atoms with Crippen molar-refractivity contribution in [3.8, 4) is 0 Å². The molecule has 4 rings (SSSR count). The van der Waals surface area contributed by atoms with Gasteiger partial charge in [0.15, 0.2) is 0 Å². The summed E-state index contributed by atoms with van der Waals surface area (Å²) < 4.78 is 0. The normalized spacial score (nSPS) is 11.0. The van der Waals surface area contributed by atoms with Crippen molar-refractivity contribution >= 4 is 24.3 Å². The molecule has 0 unspecified atom stereocenters. The minimum Gasteiger partial charge on any atom is -0.298 e. The van der Waals surface area contributed by atoms with Crippen molar-refractivity contribution in [2.45, 2.75) is 66.2 Å². The lowest BCUT2D eigenvalue weighted by Crippen LogP contribution is -2.30. The number of hydrazone groups is 1. The molecule has 236 valence electrons. The van der Waals surface area contributed by atoms with E-state index in [1.165, 1.54) is 11.1 Å². The second-order valence-corrected chi connectivity index (χ2v) is 12.7. The third-order valence-corrected chi connectivity index (χ3v) is 7.03. The highest BCUT2D eigenvalue weighted by molar-refractivity contribution is 5.95. The fraction of sp³-hybridized carbons (Fsp3) is 0.263. The van der Waals surface area contributed by atoms with E-state index in [0.717, 1.165) is 28.5 Å². The number of aryl methyl sites for hydroxylation is 2. The van der Waals surface area contributed by atoms with Gasteiger partial charge in [-0.1, -0.05) is 114 Å². The molecule has 0 atom stereocenters. The van der Waals surface area contributed by atoms with Crippen molar-refractivity contribution in [3.05, 3.63) is 142 Å². The number of nitrogens with one attached hydrogen (secondary N) is 2. The first kappa shape index (κ1) is 36.3. The molecule has 0 aliphatic carbocycles. The van der Waals surface area contributed by atoms with Crippen LogP contribution in [0.3, 0.4) is 0 Å². The molecule has 0 spiro atoms. The van der Waals surface area contributed by atoms with Gasteiger partial charge in [-0.2, -0.15) is 5.10 Å². The molecule has 0 aliphatic heterocycles. The Bertz CT molecular complexity index is 1580. The van der Waals surface area contributed by atoms with E-state index in [4.69, 9.17) is 5.84 Å². The van der Waals surface area contributed by atoms with Crippen LogP contribution in [0.4, 0.5) is 0 Å². The molecule has 0 bridgehead atoms. The van der Waals surface area contributed by atoms with Crippen molar-refractivity contribution in [2.24, 2.45) is 10.9 Å². The molecule has 0 heterocycles. The van der Waals surface area contributed by atoms with Gasteiger partial charge in [0.05, 0.1) is 6.21 Å². The minimum atomic E-state index is -0.259. The van der Waals surface area contributed by atoms with E-state index in [1.54, 1.807) is 18.3 Å². The average Bonchev–Trinajstić information content (AvgIpc) is 3.01. The number of hydrogen-bond donors (Lipinski definition) is 3. The van der Waals surface area contributed by atoms with Gasteiger partial charge in [0.25, 0.3) is 11.8 Å². The fourth-order valence-electron chi connectivity index (χ4n) is 4.00. The molecule has 0 aromatic heterocycles. The summed E-state index contributed by atoms with van der Waals surface area (Å²) in [6, 6.07) is 30.5. The Morgan fingerprint density at radius 3 is 1.38 bits per heavy atom. The lowest BCUT2D eigenvalue weighted by atomic mass is 9.87. The van der Waals surface area contributed by atoms with Gasteiger partial charge >= 0.3 is 0 Å². The predicted octanol–water partition coefficient (Wildman–Crippen LogP) is 7.45. The number of benzene rings is 4. The van der Waals surface area contributed by atoms with Crippen LogP contribution >= 0.6 is 0 Å². The van der Waals surface area contributed by atoms with Crippen LogP contribution < -0.4 is 16.7 Å². The lowest BCUT2D eigenvalue weighted by molar-refractivity contribution is 0.0946. The molecule has 0 aliphatic rings. The van der Waals surface area contributed by atoms with Gasteiger partial charge in [0.1, 0.15) is 6.29 Å². The average molecular weight is 607 g/mol. The number of aldehydes is 1. The van der Waals surface area contributed by atoms with Crippen LogP contribution in [0.1, 0.15) is 100 Å². The monoisotopic (exact) mass is 606 g/mol. The highest BCUT2D eigenvalue weighted by Crippen LogP contribution is 2.23. The SMILES string of the molecule is CC(C)(C)c1ccc(C(=O)NN)cc1.Cc1ccccc1/C=N/NC(=O)c1ccc(C(C)(C)C)cc1.Cc1ccccc1C=O. The Morgan fingerprint density at radius 2 is 1.02 bits per heavy atom. The first-order valence-corrected chi connectivity index (χ1v) is 14.8. The number of nitrogens with two attached hydrogens (primary N) is 1. The van der Waals surface area contributed by atoms with Crippen molar-refractivity contribution in [1.82, 2.24) is 10.9 Å². The van der Waals surface area contributed by atoms with E-state index in [0.29, 0.717) is 11.1 Å². The van der Waals surface area contributed by atoms with E-state index < -0.39 is 0 Å². The summed E-state index contributed by atoms with van der Waals surface area (Å²) in [4.78, 5) is 33.4. The molecule has 0 fully saturated rings. The summed E-state index contributed by atoms with van der Waals surface area (Å²) in [6.07, 6.45) is 2.53. The van der Waals surface area contributed by atoms with Crippen molar-refractivity contribution in [2.75, 3.05) is 0 Å². The molecule has 2 amide bonds. The van der Waals surface area contributed by atoms with E-state index in [9.17, 15) is 14.4 Å². The predicted molar refractivity (Wildman–Crippen MR) is 185 cm³/mol. The van der Waals surface area contributed by atoms with Gasteiger partial charge in [-0.05, 0) is 76.8 Å². The first-order chi connectivity index (χ1) is 21.2. The number of carbonyl (C=O) groups is 3. The van der Waals surface area contributed by atoms with Gasteiger partial charge < -0.3 is 0 Å². The maximum atomic E-state index is 12.1. The largest absolute Gasteiger partial charge is 0.298 e. The van der Waals surface area contributed by atoms with Crippen LogP contribution in [0.15, 0.2) is 102 Å². The molecule has 0 saturated heterocycles. The fourth-order valence-corrected chi connectivity index (χ4v) is 4.00. The van der Waals surface area contributed by atoms with Crippen molar-refractivity contribution in [3.63, 3.8) is 0 Å². The molecule has 45 heavy (non-hydrogen) atoms. The summed E-state index contributed by atoms with van der Waals surface area (Å²) >= 11 is 0. The topological polar surface area (TPSA) is 114 Å². The molecular weight excluding hydrogens is 560 g/mol. The molecule has 0 radical (unpaired) electrons. The molecule has 4 aromatic carbocycles. The van der Waals surface area contributed by atoms with Gasteiger partial charge in [-0.25, -0.2) is 11.3 Å². The molecule has 7 nitrogen and oxygen atoms in total. The number of carbonyl (C=O) groups excluding carboxylic acids is 3. The van der Waals surface area contributed by atoms with Crippen LogP contribution in [0.25, 0.3) is 0 Å². The minimum absolute atomic E-state index is 0.0813. The summed E-state index contributed by atoms with van der Waals surface area (Å²) in [5, 5.41) is 4.03. The summed E-state index contributed by atoms with van der Waals surface area (Å²) in [5.41, 5.74) is 12.4. The lowest BCUT2D eigenvalue weighted by Gasteiger charge is -2.18. The Morgan fingerprint density at radius 1 is 0.622 bits per heavy atom. The smallest absolute Gasteiger partial charge is 0.271 e. The van der Waals surface area contributed by atoms with Crippen LogP contribution in [0.5, 0.6) is 0 Å². The molecule has 0 saturated carbocycles. The van der Waals surface area contributed by atoms with E-state index >= 15 is 0 Å². The second kappa shape index (κ2) is 16.8. The number of nitrogens with zero attached hydrogens (tertiary/aromatic N) is 1. The number of amides is 2. The Hall–Kier alpha value is -4.88. The van der Waals surface area contributed by atoms with Gasteiger partial charge in [0, 0.05) is 16.7 Å². The zero-order valence-corrected chi connectivity index (χ0v) is 27.6. The summed E-state index contributed by atoms with van der Waals surface area (Å²) in [5.74, 6) is 4.57. The first-order valence-electron chi connectivity index (χ1n) is 14.8. The maximum Gasteiger partial charge on any atom is 0.271 e. The van der Waals surface area contributed by atoms with Crippen LogP contribution in [-0.2, 0) is 10.8 Å². The number of hydrogen-bond acceptors (Lipinski definition) is 5. The third kappa shape index (κ3) is 12.0. The van der Waals surface area contributed by atoms with E-state index in [2.05, 4.69) is 57.5 Å².